The van der Waals surface area contributed by atoms with E-state index in [1.807, 2.05) is 0 Å². The number of alkyl halides is 1. The van der Waals surface area contributed by atoms with Gasteiger partial charge < -0.3 is 14.2 Å². The van der Waals surface area contributed by atoms with Crippen molar-refractivity contribution >= 4 is 5.97 Å². The summed E-state index contributed by atoms with van der Waals surface area (Å²) in [6, 6.07) is 0. The second kappa shape index (κ2) is 4.42. The van der Waals surface area contributed by atoms with E-state index in [-0.39, 0.29) is 11.8 Å². The first kappa shape index (κ1) is 13.3. The van der Waals surface area contributed by atoms with E-state index >= 15 is 0 Å². The molecule has 2 bridgehead atoms. The van der Waals surface area contributed by atoms with Gasteiger partial charge in [0, 0.05) is 11.8 Å². The Kier molecular flexibility index (Phi) is 3.09. The van der Waals surface area contributed by atoms with E-state index in [0.717, 1.165) is 25.7 Å². The number of carbonyl (C=O) groups excluding carboxylic acids is 1. The summed E-state index contributed by atoms with van der Waals surface area (Å²) in [5.41, 5.74) is -1.97. The highest BCUT2D eigenvalue weighted by Crippen LogP contribution is 2.55. The summed E-state index contributed by atoms with van der Waals surface area (Å²) >= 11 is 0. The molecule has 0 amide bonds. The summed E-state index contributed by atoms with van der Waals surface area (Å²) in [5, 5.41) is 0. The van der Waals surface area contributed by atoms with Crippen LogP contribution in [-0.2, 0) is 19.0 Å². The Morgan fingerprint density at radius 2 is 2.00 bits per heavy atom. The molecule has 1 spiro atoms. The van der Waals surface area contributed by atoms with Gasteiger partial charge in [0.15, 0.2) is 6.10 Å². The molecule has 1 heterocycles. The Bertz CT molecular complexity index is 370. The standard InChI is InChI=1S/C14H21FO4/c1-13(2,15)12(16)19-11-9-4-5-10(8-9)14(11)17-6-3-7-18-14/h9-11H,3-8H2,1-2H3. The minimum Gasteiger partial charge on any atom is -0.454 e. The monoisotopic (exact) mass is 272 g/mol. The van der Waals surface area contributed by atoms with Crippen LogP contribution in [0.1, 0.15) is 39.5 Å². The van der Waals surface area contributed by atoms with Gasteiger partial charge in [-0.25, -0.2) is 9.18 Å². The Balaban J connectivity index is 1.80. The summed E-state index contributed by atoms with van der Waals surface area (Å²) in [4.78, 5) is 11.8. The number of rotatable bonds is 2. The molecule has 0 N–H and O–H groups in total. The predicted molar refractivity (Wildman–Crippen MR) is 65.2 cm³/mol. The third-order valence-electron chi connectivity index (χ3n) is 4.53. The number of ether oxygens (including phenoxy) is 3. The van der Waals surface area contributed by atoms with Crippen LogP contribution in [0.3, 0.4) is 0 Å². The number of halogens is 1. The van der Waals surface area contributed by atoms with Gasteiger partial charge in [0.2, 0.25) is 11.5 Å². The van der Waals surface area contributed by atoms with Crippen LogP contribution >= 0.6 is 0 Å². The zero-order chi connectivity index (χ0) is 13.7. The molecule has 2 aliphatic carbocycles. The van der Waals surface area contributed by atoms with E-state index in [4.69, 9.17) is 14.2 Å². The fourth-order valence-corrected chi connectivity index (χ4v) is 3.62. The molecule has 108 valence electrons. The summed E-state index contributed by atoms with van der Waals surface area (Å²) in [5.74, 6) is -1.10. The van der Waals surface area contributed by atoms with E-state index < -0.39 is 23.5 Å². The van der Waals surface area contributed by atoms with Crippen molar-refractivity contribution in [3.63, 3.8) is 0 Å². The minimum atomic E-state index is -1.97. The fraction of sp³-hybridized carbons (Fsp3) is 0.929. The van der Waals surface area contributed by atoms with Crippen molar-refractivity contribution < 1.29 is 23.4 Å². The molecule has 0 aromatic rings. The summed E-state index contributed by atoms with van der Waals surface area (Å²) in [6.45, 7) is 3.68. The number of hydrogen-bond donors (Lipinski definition) is 0. The SMILES string of the molecule is CC(C)(F)C(=O)OC1C2CCC(C2)C12OCCCO2. The Morgan fingerprint density at radius 3 is 2.63 bits per heavy atom. The summed E-state index contributed by atoms with van der Waals surface area (Å²) in [6.07, 6.45) is 3.40. The van der Waals surface area contributed by atoms with Gasteiger partial charge in [0.05, 0.1) is 13.2 Å². The van der Waals surface area contributed by atoms with Gasteiger partial charge in [-0.3, -0.25) is 0 Å². The lowest BCUT2D eigenvalue weighted by molar-refractivity contribution is -0.328. The third kappa shape index (κ3) is 2.07. The zero-order valence-corrected chi connectivity index (χ0v) is 11.5. The molecule has 3 atom stereocenters. The van der Waals surface area contributed by atoms with Gasteiger partial charge in [-0.1, -0.05) is 0 Å². The first-order chi connectivity index (χ1) is 8.93. The van der Waals surface area contributed by atoms with Gasteiger partial charge in [-0.15, -0.1) is 0 Å². The highest BCUT2D eigenvalue weighted by atomic mass is 19.1. The van der Waals surface area contributed by atoms with Crippen molar-refractivity contribution in [2.45, 2.75) is 57.1 Å². The Hall–Kier alpha value is -0.680. The molecule has 0 aromatic heterocycles. The number of fused-ring (bicyclic) bond motifs is 3. The second-order valence-corrected chi connectivity index (χ2v) is 6.34. The summed E-state index contributed by atoms with van der Waals surface area (Å²) < 4.78 is 30.8. The molecule has 4 nitrogen and oxygen atoms in total. The minimum absolute atomic E-state index is 0.245. The van der Waals surface area contributed by atoms with Crippen molar-refractivity contribution in [2.75, 3.05) is 13.2 Å². The van der Waals surface area contributed by atoms with E-state index in [9.17, 15) is 9.18 Å². The fourth-order valence-electron chi connectivity index (χ4n) is 3.62. The number of hydrogen-bond acceptors (Lipinski definition) is 4. The van der Waals surface area contributed by atoms with Crippen LogP contribution in [0.15, 0.2) is 0 Å². The van der Waals surface area contributed by atoms with Gasteiger partial charge in [0.25, 0.3) is 0 Å². The normalized spacial score (nSPS) is 36.7. The molecule has 1 saturated heterocycles. The highest BCUT2D eigenvalue weighted by molar-refractivity contribution is 5.78. The third-order valence-corrected chi connectivity index (χ3v) is 4.53. The molecule has 3 aliphatic rings. The van der Waals surface area contributed by atoms with E-state index in [1.165, 1.54) is 13.8 Å². The van der Waals surface area contributed by atoms with Crippen LogP contribution in [0, 0.1) is 11.8 Å². The quantitative estimate of drug-likeness (QED) is 0.723. The molecule has 0 radical (unpaired) electrons. The van der Waals surface area contributed by atoms with Crippen LogP contribution in [0.5, 0.6) is 0 Å². The number of carbonyl (C=O) groups is 1. The molecule has 0 aromatic carbocycles. The largest absolute Gasteiger partial charge is 0.454 e. The topological polar surface area (TPSA) is 44.8 Å². The molecule has 2 saturated carbocycles. The predicted octanol–water partition coefficient (Wildman–Crippen LogP) is 2.21. The molecule has 1 aliphatic heterocycles. The van der Waals surface area contributed by atoms with Crippen LogP contribution in [0.2, 0.25) is 0 Å². The smallest absolute Gasteiger partial charge is 0.343 e. The molecule has 5 heteroatoms. The highest BCUT2D eigenvalue weighted by Gasteiger charge is 2.63. The van der Waals surface area contributed by atoms with Gasteiger partial charge in [-0.2, -0.15) is 0 Å². The van der Waals surface area contributed by atoms with Gasteiger partial charge in [0.1, 0.15) is 0 Å². The summed E-state index contributed by atoms with van der Waals surface area (Å²) in [7, 11) is 0. The van der Waals surface area contributed by atoms with E-state index in [1.54, 1.807) is 0 Å². The van der Waals surface area contributed by atoms with Gasteiger partial charge in [-0.05, 0) is 39.5 Å². The average molecular weight is 272 g/mol. The maximum atomic E-state index is 13.7. The van der Waals surface area contributed by atoms with Crippen LogP contribution in [-0.4, -0.2) is 36.7 Å². The lowest BCUT2D eigenvalue weighted by Crippen LogP contribution is -2.56. The molecule has 3 unspecified atom stereocenters. The molecular formula is C14H21FO4. The average Bonchev–Trinajstić information content (AvgIpc) is 2.92. The molecule has 3 rings (SSSR count). The van der Waals surface area contributed by atoms with Gasteiger partial charge >= 0.3 is 5.97 Å². The number of esters is 1. The lowest BCUT2D eigenvalue weighted by atomic mass is 9.90. The molecule has 3 fully saturated rings. The van der Waals surface area contributed by atoms with Crippen LogP contribution in [0.4, 0.5) is 4.39 Å². The van der Waals surface area contributed by atoms with Crippen LogP contribution in [0.25, 0.3) is 0 Å². The van der Waals surface area contributed by atoms with Crippen molar-refractivity contribution in [1.29, 1.82) is 0 Å². The van der Waals surface area contributed by atoms with E-state index in [2.05, 4.69) is 0 Å². The van der Waals surface area contributed by atoms with Crippen molar-refractivity contribution in [3.05, 3.63) is 0 Å². The van der Waals surface area contributed by atoms with Crippen molar-refractivity contribution in [3.8, 4) is 0 Å². The Morgan fingerprint density at radius 1 is 1.32 bits per heavy atom. The first-order valence-electron chi connectivity index (χ1n) is 7.11. The maximum absolute atomic E-state index is 13.7. The molecule has 19 heavy (non-hydrogen) atoms. The Labute approximate surface area is 112 Å². The molecular weight excluding hydrogens is 251 g/mol. The second-order valence-electron chi connectivity index (χ2n) is 6.34. The zero-order valence-electron chi connectivity index (χ0n) is 11.5. The maximum Gasteiger partial charge on any atom is 0.343 e. The first-order valence-corrected chi connectivity index (χ1v) is 7.11. The van der Waals surface area contributed by atoms with Crippen molar-refractivity contribution in [2.24, 2.45) is 11.8 Å². The van der Waals surface area contributed by atoms with Crippen molar-refractivity contribution in [1.82, 2.24) is 0 Å². The lowest BCUT2D eigenvalue weighted by Gasteiger charge is -2.44. The van der Waals surface area contributed by atoms with Crippen LogP contribution < -0.4 is 0 Å². The van der Waals surface area contributed by atoms with E-state index in [0.29, 0.717) is 13.2 Å².